The van der Waals surface area contributed by atoms with E-state index in [0.717, 1.165) is 18.9 Å². The van der Waals surface area contributed by atoms with Crippen molar-refractivity contribution < 1.29 is 18.1 Å². The molecule has 21 heavy (non-hydrogen) atoms. The van der Waals surface area contributed by atoms with E-state index in [1.165, 1.54) is 0 Å². The minimum Gasteiger partial charge on any atom is -0.342 e. The summed E-state index contributed by atoms with van der Waals surface area (Å²) in [6.07, 6.45) is 1.82. The molecular weight excluding hydrogens is 342 g/mol. The molecule has 1 aliphatic heterocycles. The lowest BCUT2D eigenvalue weighted by atomic mass is 10.4. The molecule has 1 fully saturated rings. The Bertz CT molecular complexity index is 666. The van der Waals surface area contributed by atoms with Crippen molar-refractivity contribution in [3.63, 3.8) is 0 Å². The van der Waals surface area contributed by atoms with E-state index in [-0.39, 0.29) is 21.0 Å². The van der Waals surface area contributed by atoms with Crippen LogP contribution in [0.1, 0.15) is 12.8 Å². The molecule has 1 amide bonds. The Morgan fingerprint density at radius 1 is 1.48 bits per heavy atom. The van der Waals surface area contributed by atoms with Crippen molar-refractivity contribution in [1.82, 2.24) is 9.62 Å². The number of rotatable bonds is 5. The second-order valence-corrected chi connectivity index (χ2v) is 8.04. The van der Waals surface area contributed by atoms with Gasteiger partial charge in [-0.3, -0.25) is 14.9 Å². The van der Waals surface area contributed by atoms with Crippen molar-refractivity contribution in [1.29, 1.82) is 0 Å². The van der Waals surface area contributed by atoms with Gasteiger partial charge >= 0.3 is 0 Å². The number of hydrogen-bond donors (Lipinski definition) is 1. The minimum absolute atomic E-state index is 0.216. The molecule has 0 bridgehead atoms. The van der Waals surface area contributed by atoms with Gasteiger partial charge in [-0.15, -0.1) is 11.3 Å². The number of nitro groups is 1. The molecule has 0 saturated carbocycles. The summed E-state index contributed by atoms with van der Waals surface area (Å²) < 4.78 is 25.6. The first kappa shape index (κ1) is 16.1. The Kier molecular flexibility index (Phi) is 4.81. The number of carbonyl (C=O) groups is 1. The fourth-order valence-corrected chi connectivity index (χ4v) is 4.59. The van der Waals surface area contributed by atoms with Crippen LogP contribution in [0.25, 0.3) is 0 Å². The molecule has 0 aromatic carbocycles. The number of nitrogens with zero attached hydrogens (tertiary/aromatic N) is 2. The van der Waals surface area contributed by atoms with Gasteiger partial charge in [0.2, 0.25) is 5.91 Å². The predicted octanol–water partition coefficient (Wildman–Crippen LogP) is 1.21. The fourth-order valence-electron chi connectivity index (χ4n) is 1.90. The lowest BCUT2D eigenvalue weighted by Crippen LogP contribution is -2.38. The predicted molar refractivity (Wildman–Crippen MR) is 77.0 cm³/mol. The second kappa shape index (κ2) is 6.26. The van der Waals surface area contributed by atoms with Gasteiger partial charge in [0.1, 0.15) is 4.21 Å². The lowest BCUT2D eigenvalue weighted by Gasteiger charge is -2.15. The largest absolute Gasteiger partial charge is 0.342 e. The number of thiophene rings is 1. The summed E-state index contributed by atoms with van der Waals surface area (Å²) in [5.74, 6) is -0.312. The Morgan fingerprint density at radius 2 is 2.10 bits per heavy atom. The van der Waals surface area contributed by atoms with Gasteiger partial charge in [0, 0.05) is 19.2 Å². The highest BCUT2D eigenvalue weighted by molar-refractivity contribution is 7.91. The van der Waals surface area contributed by atoms with Crippen LogP contribution in [0.3, 0.4) is 0 Å². The van der Waals surface area contributed by atoms with Gasteiger partial charge in [0.25, 0.3) is 15.7 Å². The summed E-state index contributed by atoms with van der Waals surface area (Å²) in [6.45, 7) is 0.874. The quantitative estimate of drug-likeness (QED) is 0.632. The molecule has 116 valence electrons. The maximum absolute atomic E-state index is 12.0. The molecule has 11 heteroatoms. The molecule has 0 unspecified atom stereocenters. The Labute approximate surface area is 129 Å². The van der Waals surface area contributed by atoms with E-state index in [1.54, 1.807) is 4.90 Å². The zero-order valence-electron chi connectivity index (χ0n) is 10.7. The van der Waals surface area contributed by atoms with Gasteiger partial charge in [0.05, 0.1) is 11.5 Å². The first-order chi connectivity index (χ1) is 9.81. The molecule has 8 nitrogen and oxygen atoms in total. The number of nitrogens with one attached hydrogen (secondary N) is 1. The van der Waals surface area contributed by atoms with Crippen LogP contribution in [0.5, 0.6) is 0 Å². The van der Waals surface area contributed by atoms with Gasteiger partial charge in [-0.25, -0.2) is 13.1 Å². The third-order valence-electron chi connectivity index (χ3n) is 2.98. The maximum Gasteiger partial charge on any atom is 0.300 e. The van der Waals surface area contributed by atoms with Crippen LogP contribution in [-0.4, -0.2) is 43.8 Å². The monoisotopic (exact) mass is 353 g/mol. The minimum atomic E-state index is -3.99. The molecule has 0 radical (unpaired) electrons. The highest BCUT2D eigenvalue weighted by Gasteiger charge is 2.26. The van der Waals surface area contributed by atoms with Crippen LogP contribution < -0.4 is 4.72 Å². The van der Waals surface area contributed by atoms with E-state index in [9.17, 15) is 23.3 Å². The first-order valence-corrected chi connectivity index (χ1v) is 8.70. The molecule has 0 spiro atoms. The van der Waals surface area contributed by atoms with Crippen LogP contribution >= 0.6 is 22.9 Å². The zero-order chi connectivity index (χ0) is 15.6. The van der Waals surface area contributed by atoms with Crippen LogP contribution in [-0.2, 0) is 14.8 Å². The van der Waals surface area contributed by atoms with Crippen molar-refractivity contribution in [2.75, 3.05) is 19.6 Å². The van der Waals surface area contributed by atoms with E-state index in [4.69, 9.17) is 11.6 Å². The summed E-state index contributed by atoms with van der Waals surface area (Å²) in [4.78, 5) is 23.2. The van der Waals surface area contributed by atoms with Gasteiger partial charge in [-0.1, -0.05) is 11.6 Å². The molecule has 1 aliphatic rings. The number of carbonyl (C=O) groups excluding carboxylic acids is 1. The average molecular weight is 354 g/mol. The molecule has 0 aliphatic carbocycles. The molecule has 1 N–H and O–H groups in total. The van der Waals surface area contributed by atoms with Crippen LogP contribution in [0.4, 0.5) is 5.69 Å². The van der Waals surface area contributed by atoms with E-state index >= 15 is 0 Å². The Morgan fingerprint density at radius 3 is 2.62 bits per heavy atom. The highest BCUT2D eigenvalue weighted by Crippen LogP contribution is 2.36. The van der Waals surface area contributed by atoms with Crippen molar-refractivity contribution in [2.24, 2.45) is 0 Å². The molecule has 1 aromatic heterocycles. The highest BCUT2D eigenvalue weighted by atomic mass is 35.5. The number of sulfonamides is 1. The number of amides is 1. The van der Waals surface area contributed by atoms with Crippen molar-refractivity contribution in [3.05, 3.63) is 20.5 Å². The Hall–Kier alpha value is -1.23. The summed E-state index contributed by atoms with van der Waals surface area (Å²) in [5, 5.41) is 10.7. The topological polar surface area (TPSA) is 110 Å². The number of halogens is 1. The van der Waals surface area contributed by atoms with Crippen LogP contribution in [0.2, 0.25) is 4.34 Å². The maximum atomic E-state index is 12.0. The van der Waals surface area contributed by atoms with Crippen molar-refractivity contribution in [3.8, 4) is 0 Å². The summed E-state index contributed by atoms with van der Waals surface area (Å²) in [5.41, 5.74) is -0.465. The molecule has 1 aromatic rings. The normalized spacial score (nSPS) is 15.4. The van der Waals surface area contributed by atoms with Gasteiger partial charge in [-0.05, 0) is 12.8 Å². The van der Waals surface area contributed by atoms with E-state index in [0.29, 0.717) is 24.4 Å². The Balaban J connectivity index is 2.06. The smallest absolute Gasteiger partial charge is 0.300 e. The summed E-state index contributed by atoms with van der Waals surface area (Å²) >= 11 is 6.20. The fraction of sp³-hybridized carbons (Fsp3) is 0.500. The zero-order valence-corrected chi connectivity index (χ0v) is 13.1. The number of hydrogen-bond acceptors (Lipinski definition) is 6. The second-order valence-electron chi connectivity index (χ2n) is 4.39. The number of likely N-dealkylation sites (tertiary alicyclic amines) is 1. The van der Waals surface area contributed by atoms with Gasteiger partial charge < -0.3 is 4.90 Å². The third kappa shape index (κ3) is 3.70. The average Bonchev–Trinajstić information content (AvgIpc) is 3.05. The van der Waals surface area contributed by atoms with Crippen LogP contribution in [0.15, 0.2) is 10.3 Å². The van der Waals surface area contributed by atoms with Crippen molar-refractivity contribution in [2.45, 2.75) is 17.1 Å². The van der Waals surface area contributed by atoms with Crippen LogP contribution in [0, 0.1) is 10.1 Å². The van der Waals surface area contributed by atoms with E-state index in [2.05, 4.69) is 4.72 Å². The lowest BCUT2D eigenvalue weighted by molar-refractivity contribution is -0.384. The standard InChI is InChI=1S/C10H12ClN3O5S2/c11-10-7(14(16)17)5-9(20-10)21(18,19)12-6-8(15)13-3-1-2-4-13/h5,12H,1-4,6H2. The van der Waals surface area contributed by atoms with Crippen molar-refractivity contribution >= 4 is 44.6 Å². The third-order valence-corrected chi connectivity index (χ3v) is 6.19. The SMILES string of the molecule is O=C(CNS(=O)(=O)c1cc([N+](=O)[O-])c(Cl)s1)N1CCCC1. The van der Waals surface area contributed by atoms with Gasteiger partial charge in [0.15, 0.2) is 4.34 Å². The molecule has 0 atom stereocenters. The molecule has 2 heterocycles. The summed E-state index contributed by atoms with van der Waals surface area (Å²) in [7, 11) is -3.99. The van der Waals surface area contributed by atoms with Gasteiger partial charge in [-0.2, -0.15) is 0 Å². The first-order valence-electron chi connectivity index (χ1n) is 6.02. The molecular formula is C10H12ClN3O5S2. The summed E-state index contributed by atoms with van der Waals surface area (Å²) in [6, 6.07) is 0.885. The van der Waals surface area contributed by atoms with E-state index in [1.807, 2.05) is 0 Å². The van der Waals surface area contributed by atoms with E-state index < -0.39 is 20.6 Å². The molecule has 2 rings (SSSR count). The molecule has 1 saturated heterocycles.